The molecule has 8 heteroatoms. The number of amides is 3. The van der Waals surface area contributed by atoms with Crippen LogP contribution in [-0.2, 0) is 17.5 Å². The number of nitrogens with two attached hydrogens (primary N) is 1. The molecule has 5 nitrogen and oxygen atoms in total. The first-order valence-electron chi connectivity index (χ1n) is 6.08. The number of hydrogen-bond donors (Lipinski definition) is 2. The summed E-state index contributed by atoms with van der Waals surface area (Å²) in [7, 11) is 1.61. The van der Waals surface area contributed by atoms with Crippen LogP contribution >= 0.6 is 0 Å². The molecule has 0 spiro atoms. The van der Waals surface area contributed by atoms with Crippen molar-refractivity contribution in [3.05, 3.63) is 35.4 Å². The van der Waals surface area contributed by atoms with Crippen molar-refractivity contribution in [3.8, 4) is 0 Å². The van der Waals surface area contributed by atoms with E-state index in [1.807, 2.05) is 5.32 Å². The van der Waals surface area contributed by atoms with Gasteiger partial charge in [0, 0.05) is 6.54 Å². The van der Waals surface area contributed by atoms with Crippen molar-refractivity contribution in [1.82, 2.24) is 10.2 Å². The number of nitrogens with zero attached hydrogens (tertiary/aromatic N) is 1. The molecule has 0 aromatic heterocycles. The van der Waals surface area contributed by atoms with Gasteiger partial charge in [-0.2, -0.15) is 13.2 Å². The summed E-state index contributed by atoms with van der Waals surface area (Å²) in [5, 5.41) is 1.95. The van der Waals surface area contributed by atoms with E-state index in [-0.39, 0.29) is 6.54 Å². The summed E-state index contributed by atoms with van der Waals surface area (Å²) >= 11 is 0. The van der Waals surface area contributed by atoms with Crippen LogP contribution in [0.1, 0.15) is 18.1 Å². The zero-order chi connectivity index (χ0) is 16.2. The molecule has 0 saturated heterocycles. The van der Waals surface area contributed by atoms with Crippen molar-refractivity contribution in [3.63, 3.8) is 0 Å². The molecule has 1 aromatic rings. The van der Waals surface area contributed by atoms with Gasteiger partial charge in [-0.15, -0.1) is 0 Å². The fourth-order valence-corrected chi connectivity index (χ4v) is 1.65. The predicted molar refractivity (Wildman–Crippen MR) is 70.1 cm³/mol. The van der Waals surface area contributed by atoms with Gasteiger partial charge < -0.3 is 5.73 Å². The Labute approximate surface area is 119 Å². The van der Waals surface area contributed by atoms with Gasteiger partial charge >= 0.3 is 12.2 Å². The summed E-state index contributed by atoms with van der Waals surface area (Å²) < 4.78 is 37.3. The molecule has 116 valence electrons. The van der Waals surface area contributed by atoms with E-state index in [9.17, 15) is 22.8 Å². The molecule has 21 heavy (non-hydrogen) atoms. The highest BCUT2D eigenvalue weighted by molar-refractivity contribution is 5.96. The van der Waals surface area contributed by atoms with E-state index in [0.717, 1.165) is 12.1 Å². The maximum atomic E-state index is 12.4. The molecule has 3 amide bonds. The summed E-state index contributed by atoms with van der Waals surface area (Å²) in [5.74, 6) is -0.572. The third kappa shape index (κ3) is 5.07. The Morgan fingerprint density at radius 1 is 1.29 bits per heavy atom. The van der Waals surface area contributed by atoms with Crippen molar-refractivity contribution in [2.75, 3.05) is 7.05 Å². The van der Waals surface area contributed by atoms with Crippen LogP contribution < -0.4 is 11.1 Å². The van der Waals surface area contributed by atoms with Crippen LogP contribution in [-0.4, -0.2) is 29.9 Å². The van der Waals surface area contributed by atoms with Crippen LogP contribution in [0.25, 0.3) is 0 Å². The smallest absolute Gasteiger partial charge is 0.351 e. The topological polar surface area (TPSA) is 75.4 Å². The molecule has 0 heterocycles. The molecular weight excluding hydrogens is 287 g/mol. The Morgan fingerprint density at radius 3 is 2.24 bits per heavy atom. The largest absolute Gasteiger partial charge is 0.416 e. The quantitative estimate of drug-likeness (QED) is 0.889. The van der Waals surface area contributed by atoms with E-state index in [2.05, 4.69) is 0 Å². The van der Waals surface area contributed by atoms with Gasteiger partial charge in [-0.05, 0) is 31.7 Å². The molecule has 3 N–H and O–H groups in total. The molecule has 1 rings (SSSR count). The van der Waals surface area contributed by atoms with Crippen LogP contribution in [0.3, 0.4) is 0 Å². The number of urea groups is 1. The highest BCUT2D eigenvalue weighted by atomic mass is 19.4. The van der Waals surface area contributed by atoms with E-state index in [1.54, 1.807) is 18.9 Å². The number of nitrogens with one attached hydrogen (secondary N) is 1. The zero-order valence-corrected chi connectivity index (χ0v) is 11.6. The molecule has 1 atom stereocenters. The lowest BCUT2D eigenvalue weighted by Crippen LogP contribution is -2.46. The first kappa shape index (κ1) is 17.0. The van der Waals surface area contributed by atoms with E-state index >= 15 is 0 Å². The maximum Gasteiger partial charge on any atom is 0.416 e. The van der Waals surface area contributed by atoms with Crippen LogP contribution in [0, 0.1) is 0 Å². The number of likely N-dealkylation sites (N-methyl/N-ethyl adjacent to an activating group) is 1. The summed E-state index contributed by atoms with van der Waals surface area (Å²) in [6.45, 7) is 1.81. The third-order valence-corrected chi connectivity index (χ3v) is 3.00. The van der Waals surface area contributed by atoms with Crippen molar-refractivity contribution >= 4 is 11.9 Å². The summed E-state index contributed by atoms with van der Waals surface area (Å²) in [6.07, 6.45) is -4.38. The number of halogens is 3. The number of carbonyl (C=O) groups is 2. The van der Waals surface area contributed by atoms with Crippen molar-refractivity contribution in [1.29, 1.82) is 0 Å². The van der Waals surface area contributed by atoms with Gasteiger partial charge in [-0.25, -0.2) is 4.79 Å². The first-order valence-corrected chi connectivity index (χ1v) is 6.08. The van der Waals surface area contributed by atoms with Gasteiger partial charge in [0.2, 0.25) is 5.91 Å². The van der Waals surface area contributed by atoms with Crippen LogP contribution in [0.4, 0.5) is 18.0 Å². The third-order valence-electron chi connectivity index (χ3n) is 3.00. The molecule has 0 radical (unpaired) electrons. The fraction of sp³-hybridized carbons (Fsp3) is 0.385. The van der Waals surface area contributed by atoms with Gasteiger partial charge in [0.1, 0.15) is 0 Å². The van der Waals surface area contributed by atoms with Crippen molar-refractivity contribution in [2.45, 2.75) is 25.7 Å². The maximum absolute atomic E-state index is 12.4. The minimum absolute atomic E-state index is 0.255. The lowest BCUT2D eigenvalue weighted by atomic mass is 10.1. The normalized spacial score (nSPS) is 13.0. The minimum atomic E-state index is -4.38. The van der Waals surface area contributed by atoms with Gasteiger partial charge in [-0.3, -0.25) is 15.0 Å². The van der Waals surface area contributed by atoms with Gasteiger partial charge in [0.05, 0.1) is 11.6 Å². The van der Waals surface area contributed by atoms with E-state index in [0.29, 0.717) is 5.56 Å². The zero-order valence-electron chi connectivity index (χ0n) is 11.6. The first-order chi connectivity index (χ1) is 9.61. The summed E-state index contributed by atoms with van der Waals surface area (Å²) in [5.41, 5.74) is 4.73. The van der Waals surface area contributed by atoms with E-state index in [4.69, 9.17) is 5.73 Å². The number of benzene rings is 1. The van der Waals surface area contributed by atoms with Gasteiger partial charge in [0.25, 0.3) is 0 Å². The Bertz CT molecular complexity index is 514. The number of rotatable bonds is 4. The molecule has 0 aliphatic heterocycles. The Kier molecular flexibility index (Phi) is 5.31. The number of hydrogen-bond acceptors (Lipinski definition) is 3. The van der Waals surface area contributed by atoms with Crippen LogP contribution in [0.2, 0.25) is 0 Å². The van der Waals surface area contributed by atoms with Gasteiger partial charge in [0.15, 0.2) is 0 Å². The highest BCUT2D eigenvalue weighted by Crippen LogP contribution is 2.29. The highest BCUT2D eigenvalue weighted by Gasteiger charge is 2.30. The van der Waals surface area contributed by atoms with Crippen molar-refractivity contribution < 1.29 is 22.8 Å². The van der Waals surface area contributed by atoms with Gasteiger partial charge in [-0.1, -0.05) is 12.1 Å². The minimum Gasteiger partial charge on any atom is -0.351 e. The molecular formula is C13H16F3N3O2. The summed E-state index contributed by atoms with van der Waals surface area (Å²) in [4.78, 5) is 23.7. The predicted octanol–water partition coefficient (Wildman–Crippen LogP) is 1.72. The Balaban J connectivity index is 2.68. The SMILES string of the molecule is C[C@@H](C(=O)NC(N)=O)N(C)Cc1ccc(C(F)(F)F)cc1. The number of imide groups is 1. The average molecular weight is 303 g/mol. The summed E-state index contributed by atoms with van der Waals surface area (Å²) in [6, 6.07) is 3.06. The monoisotopic (exact) mass is 303 g/mol. The number of carbonyl (C=O) groups excluding carboxylic acids is 2. The molecule has 0 aliphatic rings. The second kappa shape index (κ2) is 6.57. The second-order valence-corrected chi connectivity index (χ2v) is 4.64. The molecule has 0 bridgehead atoms. The Hall–Kier alpha value is -2.09. The fourth-order valence-electron chi connectivity index (χ4n) is 1.65. The standard InChI is InChI=1S/C13H16F3N3O2/c1-8(11(20)18-12(17)21)19(2)7-9-3-5-10(6-4-9)13(14,15)16/h3-6,8H,7H2,1-2H3,(H3,17,18,20,21)/t8-/m0/s1. The molecule has 0 fully saturated rings. The van der Waals surface area contributed by atoms with E-state index < -0.39 is 29.7 Å². The van der Waals surface area contributed by atoms with Crippen LogP contribution in [0.5, 0.6) is 0 Å². The van der Waals surface area contributed by atoms with Crippen molar-refractivity contribution in [2.24, 2.45) is 5.73 Å². The molecule has 1 aromatic carbocycles. The molecule has 0 saturated carbocycles. The number of primary amides is 1. The average Bonchev–Trinajstić information content (AvgIpc) is 2.36. The van der Waals surface area contributed by atoms with E-state index in [1.165, 1.54) is 12.1 Å². The Morgan fingerprint density at radius 2 is 1.81 bits per heavy atom. The molecule has 0 aliphatic carbocycles. The van der Waals surface area contributed by atoms with Crippen LogP contribution in [0.15, 0.2) is 24.3 Å². The lowest BCUT2D eigenvalue weighted by molar-refractivity contribution is -0.137. The second-order valence-electron chi connectivity index (χ2n) is 4.64. The number of alkyl halides is 3. The molecule has 0 unspecified atom stereocenters. The lowest BCUT2D eigenvalue weighted by Gasteiger charge is -2.23.